The number of hydrogen-bond donors (Lipinski definition) is 1. The van der Waals surface area contributed by atoms with Crippen molar-refractivity contribution < 1.29 is 9.47 Å². The van der Waals surface area contributed by atoms with Crippen molar-refractivity contribution in [3.63, 3.8) is 0 Å². The van der Waals surface area contributed by atoms with Crippen LogP contribution >= 0.6 is 23.2 Å². The lowest BCUT2D eigenvalue weighted by molar-refractivity contribution is 0.124. The van der Waals surface area contributed by atoms with E-state index in [1.807, 2.05) is 20.8 Å². The van der Waals surface area contributed by atoms with Gasteiger partial charge >= 0.3 is 0 Å². The highest BCUT2D eigenvalue weighted by atomic mass is 35.5. The average Bonchev–Trinajstić information content (AvgIpc) is 2.37. The first-order chi connectivity index (χ1) is 9.76. The van der Waals surface area contributed by atoms with E-state index in [4.69, 9.17) is 38.4 Å². The van der Waals surface area contributed by atoms with Crippen LogP contribution in [0.15, 0.2) is 30.3 Å². The Hall–Kier alpha value is -1.65. The van der Waals surface area contributed by atoms with Crippen LogP contribution in [0.25, 0.3) is 0 Å². The first kappa shape index (κ1) is 15.7. The van der Waals surface area contributed by atoms with E-state index in [0.29, 0.717) is 33.2 Å². The van der Waals surface area contributed by atoms with Crippen LogP contribution in [-0.2, 0) is 0 Å². The minimum atomic E-state index is -0.409. The number of halogens is 2. The first-order valence-corrected chi connectivity index (χ1v) is 7.09. The summed E-state index contributed by atoms with van der Waals surface area (Å²) in [4.78, 5) is 4.25. The second kappa shape index (κ2) is 6.00. The molecule has 4 nitrogen and oxygen atoms in total. The molecule has 0 fully saturated rings. The number of nitrogen functional groups attached to an aromatic ring is 1. The number of hydrogen-bond acceptors (Lipinski definition) is 4. The van der Waals surface area contributed by atoms with Crippen LogP contribution in [0.1, 0.15) is 20.8 Å². The Bertz CT molecular complexity index is 655. The van der Waals surface area contributed by atoms with Gasteiger partial charge in [-0.1, -0.05) is 29.3 Å². The molecular weight excluding hydrogens is 311 g/mol. The Morgan fingerprint density at radius 3 is 2.48 bits per heavy atom. The number of pyridine rings is 1. The van der Waals surface area contributed by atoms with Crippen molar-refractivity contribution in [2.45, 2.75) is 26.4 Å². The summed E-state index contributed by atoms with van der Waals surface area (Å²) in [6, 6.07) is 8.44. The van der Waals surface area contributed by atoms with Gasteiger partial charge in [0.25, 0.3) is 0 Å². The van der Waals surface area contributed by atoms with Gasteiger partial charge in [0.15, 0.2) is 0 Å². The zero-order valence-corrected chi connectivity index (χ0v) is 13.5. The second-order valence-electron chi connectivity index (χ2n) is 5.41. The molecule has 0 aliphatic heterocycles. The molecule has 21 heavy (non-hydrogen) atoms. The number of nitrogens with zero attached hydrogens (tertiary/aromatic N) is 1. The zero-order valence-electron chi connectivity index (χ0n) is 12.0. The molecule has 0 bridgehead atoms. The van der Waals surface area contributed by atoms with Crippen LogP contribution in [0.5, 0.6) is 17.5 Å². The van der Waals surface area contributed by atoms with Crippen LogP contribution in [-0.4, -0.2) is 10.6 Å². The fraction of sp³-hybridized carbons (Fsp3) is 0.267. The summed E-state index contributed by atoms with van der Waals surface area (Å²) in [5.74, 6) is 1.06. The summed E-state index contributed by atoms with van der Waals surface area (Å²) in [5, 5.41) is 0.742. The Balaban J connectivity index is 2.29. The average molecular weight is 327 g/mol. The van der Waals surface area contributed by atoms with Crippen LogP contribution < -0.4 is 15.2 Å². The predicted octanol–water partition coefficient (Wildman–Crippen LogP) is 4.94. The third-order valence-electron chi connectivity index (χ3n) is 2.40. The first-order valence-electron chi connectivity index (χ1n) is 6.34. The van der Waals surface area contributed by atoms with E-state index < -0.39 is 5.60 Å². The van der Waals surface area contributed by atoms with Crippen molar-refractivity contribution in [3.8, 4) is 17.5 Å². The van der Waals surface area contributed by atoms with E-state index >= 15 is 0 Å². The summed E-state index contributed by atoms with van der Waals surface area (Å²) < 4.78 is 11.3. The molecule has 0 aliphatic carbocycles. The predicted molar refractivity (Wildman–Crippen MR) is 85.6 cm³/mol. The summed E-state index contributed by atoms with van der Waals surface area (Å²) in [6.45, 7) is 5.74. The lowest BCUT2D eigenvalue weighted by Crippen LogP contribution is -2.24. The molecule has 112 valence electrons. The minimum Gasteiger partial charge on any atom is -0.470 e. The summed E-state index contributed by atoms with van der Waals surface area (Å²) in [5.41, 5.74) is 5.88. The smallest absolute Gasteiger partial charge is 0.241 e. The van der Waals surface area contributed by atoms with Crippen molar-refractivity contribution in [1.82, 2.24) is 4.98 Å². The second-order valence-corrected chi connectivity index (χ2v) is 6.20. The Morgan fingerprint density at radius 1 is 1.10 bits per heavy atom. The monoisotopic (exact) mass is 326 g/mol. The molecule has 0 saturated heterocycles. The SMILES string of the molecule is CC(C)(C)Oc1nc(Oc2cccc(Cl)c2Cl)ccc1N. The van der Waals surface area contributed by atoms with Crippen molar-refractivity contribution >= 4 is 28.9 Å². The summed E-state index contributed by atoms with van der Waals surface area (Å²) in [6.07, 6.45) is 0. The molecule has 1 aromatic carbocycles. The van der Waals surface area contributed by atoms with E-state index in [1.54, 1.807) is 30.3 Å². The van der Waals surface area contributed by atoms with Crippen LogP contribution in [0, 0.1) is 0 Å². The highest BCUT2D eigenvalue weighted by Gasteiger charge is 2.16. The molecule has 0 spiro atoms. The van der Waals surface area contributed by atoms with Gasteiger partial charge in [-0.15, -0.1) is 0 Å². The molecule has 0 aliphatic rings. The van der Waals surface area contributed by atoms with Gasteiger partial charge in [0.1, 0.15) is 16.4 Å². The molecule has 2 N–H and O–H groups in total. The van der Waals surface area contributed by atoms with Crippen molar-refractivity contribution in [2.75, 3.05) is 5.73 Å². The van der Waals surface area contributed by atoms with E-state index in [2.05, 4.69) is 4.98 Å². The van der Waals surface area contributed by atoms with Gasteiger partial charge in [-0.3, -0.25) is 0 Å². The fourth-order valence-corrected chi connectivity index (χ4v) is 1.87. The van der Waals surface area contributed by atoms with Gasteiger partial charge in [-0.2, -0.15) is 4.98 Å². The van der Waals surface area contributed by atoms with E-state index in [-0.39, 0.29) is 0 Å². The molecule has 2 rings (SSSR count). The Kier molecular flexibility index (Phi) is 4.49. The van der Waals surface area contributed by atoms with Crippen molar-refractivity contribution in [2.24, 2.45) is 0 Å². The maximum atomic E-state index is 6.08. The molecule has 0 unspecified atom stereocenters. The third kappa shape index (κ3) is 4.16. The largest absolute Gasteiger partial charge is 0.470 e. The molecule has 1 aromatic heterocycles. The summed E-state index contributed by atoms with van der Waals surface area (Å²) in [7, 11) is 0. The van der Waals surface area contributed by atoms with Crippen molar-refractivity contribution in [1.29, 1.82) is 0 Å². The van der Waals surface area contributed by atoms with Crippen LogP contribution in [0.2, 0.25) is 10.0 Å². The lowest BCUT2D eigenvalue weighted by Gasteiger charge is -2.21. The van der Waals surface area contributed by atoms with E-state index in [0.717, 1.165) is 0 Å². The van der Waals surface area contributed by atoms with E-state index in [9.17, 15) is 0 Å². The third-order valence-corrected chi connectivity index (χ3v) is 3.20. The quantitative estimate of drug-likeness (QED) is 0.867. The minimum absolute atomic E-state index is 0.318. The molecule has 0 radical (unpaired) electrons. The topological polar surface area (TPSA) is 57.4 Å². The van der Waals surface area contributed by atoms with Crippen LogP contribution in [0.4, 0.5) is 5.69 Å². The molecule has 6 heteroatoms. The molecule has 2 aromatic rings. The highest BCUT2D eigenvalue weighted by molar-refractivity contribution is 6.42. The van der Waals surface area contributed by atoms with E-state index in [1.165, 1.54) is 0 Å². The Labute approximate surface area is 133 Å². The number of nitrogens with two attached hydrogens (primary N) is 1. The number of aromatic nitrogens is 1. The lowest BCUT2D eigenvalue weighted by atomic mass is 10.2. The standard InChI is InChI=1S/C15H16Cl2N2O2/c1-15(2,3)21-14-10(18)7-8-12(19-14)20-11-6-4-5-9(16)13(11)17/h4-8H,18H2,1-3H3. The number of rotatable bonds is 3. The normalized spacial score (nSPS) is 11.3. The van der Waals surface area contributed by atoms with Crippen molar-refractivity contribution in [3.05, 3.63) is 40.4 Å². The van der Waals surface area contributed by atoms with Gasteiger partial charge < -0.3 is 15.2 Å². The number of anilines is 1. The number of benzene rings is 1. The summed E-state index contributed by atoms with van der Waals surface area (Å²) >= 11 is 12.0. The van der Waals surface area contributed by atoms with Gasteiger partial charge in [0, 0.05) is 6.07 Å². The maximum Gasteiger partial charge on any atom is 0.241 e. The Morgan fingerprint density at radius 2 is 1.81 bits per heavy atom. The number of ether oxygens (including phenoxy) is 2. The molecule has 0 atom stereocenters. The van der Waals surface area contributed by atoms with Gasteiger partial charge in [0.05, 0.1) is 10.7 Å². The van der Waals surface area contributed by atoms with Gasteiger partial charge in [-0.05, 0) is 39.0 Å². The molecule has 1 heterocycles. The molecule has 0 saturated carbocycles. The van der Waals surface area contributed by atoms with Gasteiger partial charge in [0.2, 0.25) is 11.8 Å². The molecular formula is C15H16Cl2N2O2. The fourth-order valence-electron chi connectivity index (χ4n) is 1.54. The molecule has 0 amide bonds. The highest BCUT2D eigenvalue weighted by Crippen LogP contribution is 2.35. The van der Waals surface area contributed by atoms with Gasteiger partial charge in [-0.25, -0.2) is 0 Å². The maximum absolute atomic E-state index is 6.08. The zero-order chi connectivity index (χ0) is 15.6. The van der Waals surface area contributed by atoms with Crippen LogP contribution in [0.3, 0.4) is 0 Å².